The van der Waals surface area contributed by atoms with Crippen molar-refractivity contribution < 1.29 is 23.1 Å². The Morgan fingerprint density at radius 3 is 2.17 bits per heavy atom. The molecule has 152 valence electrons. The first-order chi connectivity index (χ1) is 14.0. The third-order valence-corrected chi connectivity index (χ3v) is 5.91. The summed E-state index contributed by atoms with van der Waals surface area (Å²) in [5.74, 6) is -1.58. The number of Topliss-reactive ketones (excluding diaryl/α,β-unsaturated/α-hetero) is 1. The van der Waals surface area contributed by atoms with Crippen molar-refractivity contribution in [3.05, 3.63) is 71.3 Å². The molecule has 2 fully saturated rings. The van der Waals surface area contributed by atoms with E-state index in [-0.39, 0.29) is 42.9 Å². The largest absolute Gasteiger partial charge is 0.445 e. The van der Waals surface area contributed by atoms with Gasteiger partial charge in [-0.25, -0.2) is 13.6 Å². The summed E-state index contributed by atoms with van der Waals surface area (Å²) in [6, 6.07) is 12.7. The van der Waals surface area contributed by atoms with Crippen LogP contribution in [0.25, 0.3) is 0 Å². The highest BCUT2D eigenvalue weighted by Crippen LogP contribution is 2.39. The molecule has 0 saturated carbocycles. The molecule has 2 saturated heterocycles. The van der Waals surface area contributed by atoms with E-state index >= 15 is 0 Å². The minimum absolute atomic E-state index is 0.0112. The standard InChI is InChI=1S/C23H23F2NO3/c24-18-8-16(9-19(25)13-18)10-22(27)17-11-20-6-7-21(12-17)26(20)23(28)29-14-15-4-2-1-3-5-15/h1-5,8-9,13,17,20-21H,6-7,10-12,14H2. The molecule has 2 atom stereocenters. The molecule has 2 aliphatic heterocycles. The number of ketones is 1. The molecule has 0 aliphatic carbocycles. The zero-order valence-electron chi connectivity index (χ0n) is 16.0. The molecule has 0 aromatic heterocycles. The second kappa shape index (κ2) is 8.31. The maximum atomic E-state index is 13.4. The predicted octanol–water partition coefficient (Wildman–Crippen LogP) is 4.66. The Bertz CT molecular complexity index is 868. The van der Waals surface area contributed by atoms with E-state index in [1.165, 1.54) is 12.1 Å². The SMILES string of the molecule is O=C(Cc1cc(F)cc(F)c1)C1CC2CCC(C1)N2C(=O)OCc1ccccc1. The van der Waals surface area contributed by atoms with E-state index in [9.17, 15) is 18.4 Å². The quantitative estimate of drug-likeness (QED) is 0.735. The first-order valence-electron chi connectivity index (χ1n) is 9.96. The Morgan fingerprint density at radius 1 is 0.931 bits per heavy atom. The summed E-state index contributed by atoms with van der Waals surface area (Å²) >= 11 is 0. The van der Waals surface area contributed by atoms with E-state index in [2.05, 4.69) is 0 Å². The summed E-state index contributed by atoms with van der Waals surface area (Å²) < 4.78 is 32.2. The Morgan fingerprint density at radius 2 is 1.55 bits per heavy atom. The predicted molar refractivity (Wildman–Crippen MR) is 103 cm³/mol. The van der Waals surface area contributed by atoms with Crippen molar-refractivity contribution in [1.29, 1.82) is 0 Å². The van der Waals surface area contributed by atoms with Gasteiger partial charge in [-0.2, -0.15) is 0 Å². The molecular formula is C23H23F2NO3. The van der Waals surface area contributed by atoms with Gasteiger partial charge in [-0.1, -0.05) is 30.3 Å². The van der Waals surface area contributed by atoms with Gasteiger partial charge in [0.05, 0.1) is 0 Å². The van der Waals surface area contributed by atoms with Crippen molar-refractivity contribution in [3.8, 4) is 0 Å². The van der Waals surface area contributed by atoms with Crippen molar-refractivity contribution >= 4 is 11.9 Å². The van der Waals surface area contributed by atoms with Crippen LogP contribution >= 0.6 is 0 Å². The highest BCUT2D eigenvalue weighted by molar-refractivity contribution is 5.84. The Hall–Kier alpha value is -2.76. The second-order valence-corrected chi connectivity index (χ2v) is 7.92. The third-order valence-electron chi connectivity index (χ3n) is 5.91. The lowest BCUT2D eigenvalue weighted by atomic mass is 9.85. The zero-order valence-corrected chi connectivity index (χ0v) is 16.0. The first-order valence-corrected chi connectivity index (χ1v) is 9.96. The van der Waals surface area contributed by atoms with Crippen molar-refractivity contribution in [2.75, 3.05) is 0 Å². The maximum Gasteiger partial charge on any atom is 0.410 e. The van der Waals surface area contributed by atoms with E-state index in [1.807, 2.05) is 30.3 Å². The van der Waals surface area contributed by atoms with Gasteiger partial charge in [-0.15, -0.1) is 0 Å². The second-order valence-electron chi connectivity index (χ2n) is 7.92. The Labute approximate surface area is 168 Å². The van der Waals surface area contributed by atoms with E-state index in [0.29, 0.717) is 18.4 Å². The van der Waals surface area contributed by atoms with Gasteiger partial charge in [0.15, 0.2) is 0 Å². The number of carbonyl (C=O) groups excluding carboxylic acids is 2. The summed E-state index contributed by atoms with van der Waals surface area (Å²) in [5, 5.41) is 0. The number of ether oxygens (including phenoxy) is 1. The van der Waals surface area contributed by atoms with E-state index in [4.69, 9.17) is 4.74 Å². The maximum absolute atomic E-state index is 13.4. The molecule has 2 aromatic carbocycles. The smallest absolute Gasteiger partial charge is 0.410 e. The van der Waals surface area contributed by atoms with Gasteiger partial charge in [-0.05, 0) is 48.9 Å². The summed E-state index contributed by atoms with van der Waals surface area (Å²) in [6.07, 6.45) is 2.53. The van der Waals surface area contributed by atoms with Crippen molar-refractivity contribution in [2.24, 2.45) is 5.92 Å². The molecule has 2 aliphatic rings. The Kier molecular flexibility index (Phi) is 5.60. The van der Waals surface area contributed by atoms with E-state index < -0.39 is 11.6 Å². The molecule has 4 rings (SSSR count). The molecule has 0 spiro atoms. The number of carbonyl (C=O) groups is 2. The molecule has 2 aromatic rings. The number of rotatable bonds is 5. The minimum Gasteiger partial charge on any atom is -0.445 e. The van der Waals surface area contributed by atoms with Crippen LogP contribution in [-0.2, 0) is 22.6 Å². The highest BCUT2D eigenvalue weighted by Gasteiger charge is 2.45. The van der Waals surface area contributed by atoms with E-state index in [0.717, 1.165) is 24.5 Å². The molecule has 6 heteroatoms. The number of hydrogen-bond acceptors (Lipinski definition) is 3. The fourth-order valence-electron chi connectivity index (χ4n) is 4.59. The van der Waals surface area contributed by atoms with Crippen molar-refractivity contribution in [3.63, 3.8) is 0 Å². The molecule has 4 nitrogen and oxygen atoms in total. The van der Waals surface area contributed by atoms with Gasteiger partial charge in [0.1, 0.15) is 24.0 Å². The normalized spacial score (nSPS) is 23.1. The highest BCUT2D eigenvalue weighted by atomic mass is 19.1. The third kappa shape index (κ3) is 4.47. The average molecular weight is 399 g/mol. The Balaban J connectivity index is 1.35. The zero-order chi connectivity index (χ0) is 20.4. The summed E-state index contributed by atoms with van der Waals surface area (Å²) in [5.41, 5.74) is 1.28. The number of amides is 1. The van der Waals surface area contributed by atoms with Crippen molar-refractivity contribution in [1.82, 2.24) is 4.90 Å². The number of hydrogen-bond donors (Lipinski definition) is 0. The number of halogens is 2. The number of piperidine rings is 1. The average Bonchev–Trinajstić information content (AvgIpc) is 2.95. The van der Waals surface area contributed by atoms with Gasteiger partial charge in [-0.3, -0.25) is 4.79 Å². The lowest BCUT2D eigenvalue weighted by Gasteiger charge is -2.37. The summed E-state index contributed by atoms with van der Waals surface area (Å²) in [6.45, 7) is 0.225. The summed E-state index contributed by atoms with van der Waals surface area (Å²) in [4.78, 5) is 27.1. The fourth-order valence-corrected chi connectivity index (χ4v) is 4.59. The molecule has 1 amide bonds. The topological polar surface area (TPSA) is 46.6 Å². The molecular weight excluding hydrogens is 376 g/mol. The molecule has 2 heterocycles. The van der Waals surface area contributed by atoms with Crippen LogP contribution < -0.4 is 0 Å². The van der Waals surface area contributed by atoms with Gasteiger partial charge in [0, 0.05) is 30.5 Å². The van der Waals surface area contributed by atoms with Crippen LogP contribution in [0.15, 0.2) is 48.5 Å². The summed E-state index contributed by atoms with van der Waals surface area (Å²) in [7, 11) is 0. The first kappa shape index (κ1) is 19.6. The van der Waals surface area contributed by atoms with Crippen LogP contribution in [0, 0.1) is 17.6 Å². The molecule has 2 bridgehead atoms. The molecule has 0 radical (unpaired) electrons. The van der Waals surface area contributed by atoms with Gasteiger partial charge in [0.25, 0.3) is 0 Å². The van der Waals surface area contributed by atoms with Gasteiger partial charge in [0.2, 0.25) is 0 Å². The fraction of sp³-hybridized carbons (Fsp3) is 0.391. The molecule has 0 N–H and O–H groups in total. The number of fused-ring (bicyclic) bond motifs is 2. The monoisotopic (exact) mass is 399 g/mol. The van der Waals surface area contributed by atoms with Crippen LogP contribution in [0.3, 0.4) is 0 Å². The van der Waals surface area contributed by atoms with Gasteiger partial charge < -0.3 is 9.64 Å². The lowest BCUT2D eigenvalue weighted by molar-refractivity contribution is -0.124. The minimum atomic E-state index is -0.677. The number of benzene rings is 2. The van der Waals surface area contributed by atoms with Crippen LogP contribution in [-0.4, -0.2) is 28.9 Å². The van der Waals surface area contributed by atoms with Crippen LogP contribution in [0.1, 0.15) is 36.8 Å². The number of nitrogens with zero attached hydrogens (tertiary/aromatic N) is 1. The lowest BCUT2D eigenvalue weighted by Crippen LogP contribution is -2.48. The van der Waals surface area contributed by atoms with Crippen molar-refractivity contribution in [2.45, 2.75) is 50.8 Å². The molecule has 29 heavy (non-hydrogen) atoms. The van der Waals surface area contributed by atoms with Crippen LogP contribution in [0.5, 0.6) is 0 Å². The van der Waals surface area contributed by atoms with Crippen LogP contribution in [0.2, 0.25) is 0 Å². The van der Waals surface area contributed by atoms with Gasteiger partial charge >= 0.3 is 6.09 Å². The van der Waals surface area contributed by atoms with Crippen LogP contribution in [0.4, 0.5) is 13.6 Å². The van der Waals surface area contributed by atoms with E-state index in [1.54, 1.807) is 4.90 Å². The molecule has 2 unspecified atom stereocenters.